The predicted molar refractivity (Wildman–Crippen MR) is 110 cm³/mol. The van der Waals surface area contributed by atoms with E-state index in [1.165, 1.54) is 0 Å². The van der Waals surface area contributed by atoms with Crippen LogP contribution in [0.1, 0.15) is 29.7 Å². The number of ether oxygens (including phenoxy) is 2. The van der Waals surface area contributed by atoms with Gasteiger partial charge >= 0.3 is 0 Å². The molecule has 1 unspecified atom stereocenters. The molecule has 0 saturated carbocycles. The van der Waals surface area contributed by atoms with Crippen LogP contribution in [0.5, 0.6) is 0 Å². The molecule has 3 rings (SSSR count). The molecule has 1 aromatic carbocycles. The molecule has 1 N–H and O–H groups in total. The zero-order valence-electron chi connectivity index (χ0n) is 17.3. The molecule has 1 atom stereocenters. The fourth-order valence-corrected chi connectivity index (χ4v) is 5.26. The highest BCUT2D eigenvalue weighted by molar-refractivity contribution is 7.91. The van der Waals surface area contributed by atoms with Gasteiger partial charge in [-0.2, -0.15) is 0 Å². The third-order valence-electron chi connectivity index (χ3n) is 5.36. The van der Waals surface area contributed by atoms with Gasteiger partial charge in [0.1, 0.15) is 16.8 Å². The summed E-state index contributed by atoms with van der Waals surface area (Å²) in [5.74, 6) is -0.0443. The van der Waals surface area contributed by atoms with Gasteiger partial charge in [-0.3, -0.25) is 4.79 Å². The number of nitrogens with one attached hydrogen (secondary N) is 1. The van der Waals surface area contributed by atoms with Crippen LogP contribution >= 0.6 is 0 Å². The Balaban J connectivity index is 2.11. The second-order valence-electron chi connectivity index (χ2n) is 7.34. The SMILES string of the molecule is COCCn1c(C)c(C)c(S(=O)(=O)c2ccc(C)cc2)c1NC(=O)C1CCCO1. The third-order valence-corrected chi connectivity index (χ3v) is 7.29. The van der Waals surface area contributed by atoms with E-state index in [4.69, 9.17) is 9.47 Å². The number of sulfone groups is 1. The van der Waals surface area contributed by atoms with E-state index in [2.05, 4.69) is 5.32 Å². The van der Waals surface area contributed by atoms with Crippen molar-refractivity contribution < 1.29 is 22.7 Å². The minimum Gasteiger partial charge on any atom is -0.383 e. The zero-order valence-corrected chi connectivity index (χ0v) is 18.1. The van der Waals surface area contributed by atoms with Gasteiger partial charge in [0.05, 0.1) is 11.5 Å². The van der Waals surface area contributed by atoms with Crippen molar-refractivity contribution in [3.8, 4) is 0 Å². The summed E-state index contributed by atoms with van der Waals surface area (Å²) in [6.45, 7) is 6.87. The lowest BCUT2D eigenvalue weighted by Crippen LogP contribution is -2.29. The van der Waals surface area contributed by atoms with Crippen LogP contribution in [0.2, 0.25) is 0 Å². The molecule has 1 aromatic heterocycles. The molecule has 0 spiro atoms. The summed E-state index contributed by atoms with van der Waals surface area (Å²) in [6.07, 6.45) is 0.883. The first-order valence-corrected chi connectivity index (χ1v) is 11.2. The molecule has 1 amide bonds. The normalized spacial score (nSPS) is 16.9. The number of aromatic nitrogens is 1. The second kappa shape index (κ2) is 8.69. The molecule has 2 heterocycles. The van der Waals surface area contributed by atoms with E-state index in [-0.39, 0.29) is 21.5 Å². The third kappa shape index (κ3) is 4.24. The van der Waals surface area contributed by atoms with Gasteiger partial charge in [0.15, 0.2) is 0 Å². The van der Waals surface area contributed by atoms with Crippen molar-refractivity contribution in [1.82, 2.24) is 4.57 Å². The van der Waals surface area contributed by atoms with E-state index in [0.29, 0.717) is 31.7 Å². The number of anilines is 1. The van der Waals surface area contributed by atoms with Gasteiger partial charge in [-0.15, -0.1) is 0 Å². The molecule has 8 heteroatoms. The molecule has 7 nitrogen and oxygen atoms in total. The molecule has 1 aliphatic heterocycles. The Labute approximate surface area is 171 Å². The first-order valence-electron chi connectivity index (χ1n) is 9.70. The maximum atomic E-state index is 13.5. The number of aryl methyl sites for hydroxylation is 1. The summed E-state index contributed by atoms with van der Waals surface area (Å²) >= 11 is 0. The average Bonchev–Trinajstić information content (AvgIpc) is 3.29. The first-order chi connectivity index (χ1) is 13.8. The molecule has 1 fully saturated rings. The Hall–Kier alpha value is -2.16. The number of nitrogens with zero attached hydrogens (tertiary/aromatic N) is 1. The Kier molecular flexibility index (Phi) is 6.45. The minimum absolute atomic E-state index is 0.126. The number of methoxy groups -OCH3 is 1. The highest BCUT2D eigenvalue weighted by Crippen LogP contribution is 2.35. The van der Waals surface area contributed by atoms with Gasteiger partial charge in [-0.05, 0) is 51.3 Å². The fourth-order valence-electron chi connectivity index (χ4n) is 3.57. The van der Waals surface area contributed by atoms with Gasteiger partial charge in [0.25, 0.3) is 5.91 Å². The summed E-state index contributed by atoms with van der Waals surface area (Å²) in [5, 5.41) is 2.84. The Bertz CT molecular complexity index is 987. The van der Waals surface area contributed by atoms with Crippen LogP contribution in [-0.4, -0.2) is 45.3 Å². The maximum Gasteiger partial charge on any atom is 0.254 e. The van der Waals surface area contributed by atoms with Crippen molar-refractivity contribution >= 4 is 21.6 Å². The summed E-state index contributed by atoms with van der Waals surface area (Å²) in [6, 6.07) is 6.72. The number of carbonyl (C=O) groups excluding carboxylic acids is 1. The van der Waals surface area contributed by atoms with Crippen LogP contribution in [-0.2, 0) is 30.7 Å². The van der Waals surface area contributed by atoms with E-state index in [9.17, 15) is 13.2 Å². The molecule has 158 valence electrons. The fraction of sp³-hybridized carbons (Fsp3) is 0.476. The van der Waals surface area contributed by atoms with Gasteiger partial charge in [-0.25, -0.2) is 8.42 Å². The molecule has 0 radical (unpaired) electrons. The topological polar surface area (TPSA) is 86.6 Å². The highest BCUT2D eigenvalue weighted by Gasteiger charge is 2.32. The smallest absolute Gasteiger partial charge is 0.254 e. The number of hydrogen-bond donors (Lipinski definition) is 1. The molecule has 1 saturated heterocycles. The lowest BCUT2D eigenvalue weighted by atomic mass is 10.2. The van der Waals surface area contributed by atoms with Crippen LogP contribution in [0.25, 0.3) is 0 Å². The van der Waals surface area contributed by atoms with Crippen molar-refractivity contribution in [2.75, 3.05) is 25.6 Å². The summed E-state index contributed by atoms with van der Waals surface area (Å²) in [4.78, 5) is 13.1. The summed E-state index contributed by atoms with van der Waals surface area (Å²) in [5.41, 5.74) is 2.36. The van der Waals surface area contributed by atoms with Gasteiger partial charge < -0.3 is 19.4 Å². The molecule has 0 aliphatic carbocycles. The number of amides is 1. The lowest BCUT2D eigenvalue weighted by Gasteiger charge is -2.16. The van der Waals surface area contributed by atoms with Crippen molar-refractivity contribution in [2.45, 2.75) is 56.1 Å². The lowest BCUT2D eigenvalue weighted by molar-refractivity contribution is -0.124. The number of rotatable bonds is 7. The molecule has 1 aliphatic rings. The van der Waals surface area contributed by atoms with E-state index in [1.54, 1.807) is 42.9 Å². The van der Waals surface area contributed by atoms with Crippen molar-refractivity contribution in [1.29, 1.82) is 0 Å². The first kappa shape index (κ1) is 21.5. The van der Waals surface area contributed by atoms with Crippen LogP contribution in [0, 0.1) is 20.8 Å². The maximum absolute atomic E-state index is 13.5. The molecular formula is C21H28N2O5S. The second-order valence-corrected chi connectivity index (χ2v) is 9.23. The van der Waals surface area contributed by atoms with Crippen LogP contribution < -0.4 is 5.32 Å². The Morgan fingerprint density at radius 1 is 1.24 bits per heavy atom. The standard InChI is InChI=1S/C21H28N2O5S/c1-14-7-9-17(10-8-14)29(25,26)19-15(2)16(3)23(11-13-27-4)20(19)22-21(24)18-6-5-12-28-18/h7-10,18H,5-6,11-13H2,1-4H3,(H,22,24). The van der Waals surface area contributed by atoms with Crippen molar-refractivity contribution in [3.63, 3.8) is 0 Å². The van der Waals surface area contributed by atoms with E-state index >= 15 is 0 Å². The minimum atomic E-state index is -3.83. The molecule has 0 bridgehead atoms. The highest BCUT2D eigenvalue weighted by atomic mass is 32.2. The zero-order chi connectivity index (χ0) is 21.2. The van der Waals surface area contributed by atoms with Gasteiger partial charge in [-0.1, -0.05) is 17.7 Å². The quantitative estimate of drug-likeness (QED) is 0.744. The molecular weight excluding hydrogens is 392 g/mol. The number of carbonyl (C=O) groups is 1. The van der Waals surface area contributed by atoms with Crippen LogP contribution in [0.15, 0.2) is 34.1 Å². The van der Waals surface area contributed by atoms with Crippen molar-refractivity contribution in [2.24, 2.45) is 0 Å². The van der Waals surface area contributed by atoms with Gasteiger partial charge in [0.2, 0.25) is 9.84 Å². The molecule has 29 heavy (non-hydrogen) atoms. The largest absolute Gasteiger partial charge is 0.383 e. The number of benzene rings is 1. The van der Waals surface area contributed by atoms with Crippen molar-refractivity contribution in [3.05, 3.63) is 41.1 Å². The Morgan fingerprint density at radius 2 is 1.93 bits per heavy atom. The van der Waals surface area contributed by atoms with E-state index < -0.39 is 15.9 Å². The average molecular weight is 421 g/mol. The summed E-state index contributed by atoms with van der Waals surface area (Å²) in [7, 11) is -2.25. The van der Waals surface area contributed by atoms with E-state index in [1.807, 2.05) is 13.8 Å². The molecule has 2 aromatic rings. The Morgan fingerprint density at radius 3 is 2.52 bits per heavy atom. The summed E-state index contributed by atoms with van der Waals surface area (Å²) < 4.78 is 39.5. The predicted octanol–water partition coefficient (Wildman–Crippen LogP) is 3.01. The monoisotopic (exact) mass is 420 g/mol. The number of hydrogen-bond acceptors (Lipinski definition) is 5. The van der Waals surface area contributed by atoms with Crippen LogP contribution in [0.4, 0.5) is 5.82 Å². The van der Waals surface area contributed by atoms with E-state index in [0.717, 1.165) is 17.7 Å². The van der Waals surface area contributed by atoms with Gasteiger partial charge in [0, 0.05) is 26.0 Å². The van der Waals surface area contributed by atoms with Crippen LogP contribution in [0.3, 0.4) is 0 Å².